The largest absolute Gasteiger partial charge is 0.480 e. The normalized spacial score (nSPS) is 14.9. The zero-order valence-electron chi connectivity index (χ0n) is 20.7. The number of nitrogens with two attached hydrogens (primary N) is 1. The molecule has 0 bridgehead atoms. The topological polar surface area (TPSA) is 115 Å². The number of nitrogens with zero attached hydrogens (tertiary/aromatic N) is 2. The Kier molecular flexibility index (Phi) is 8.79. The molecule has 1 atom stereocenters. The number of rotatable bonds is 7. The zero-order chi connectivity index (χ0) is 25.5. The van der Waals surface area contributed by atoms with Crippen molar-refractivity contribution in [3.05, 3.63) is 54.1 Å². The summed E-state index contributed by atoms with van der Waals surface area (Å²) in [7, 11) is 0. The number of primary amides is 1. The predicted octanol–water partition coefficient (Wildman–Crippen LogP) is 5.63. The van der Waals surface area contributed by atoms with Crippen molar-refractivity contribution < 1.29 is 19.5 Å². The van der Waals surface area contributed by atoms with Gasteiger partial charge in [-0.2, -0.15) is 0 Å². The molecule has 2 aromatic carbocycles. The molecule has 1 heterocycles. The first-order valence-electron chi connectivity index (χ1n) is 12.3. The van der Waals surface area contributed by atoms with Gasteiger partial charge in [-0.15, -0.1) is 0 Å². The number of imidazole rings is 1. The van der Waals surface area contributed by atoms with Crippen LogP contribution < -0.4 is 5.73 Å². The van der Waals surface area contributed by atoms with Crippen LogP contribution in [0.3, 0.4) is 0 Å². The Morgan fingerprint density at radius 3 is 2.17 bits per heavy atom. The lowest BCUT2D eigenvalue weighted by Gasteiger charge is -2.20. The molecule has 0 spiro atoms. The Labute approximate surface area is 206 Å². The lowest BCUT2D eigenvalue weighted by molar-refractivity contribution is -0.141. The monoisotopic (exact) mass is 477 g/mol. The van der Waals surface area contributed by atoms with Crippen LogP contribution in [0.2, 0.25) is 0 Å². The number of ketones is 1. The van der Waals surface area contributed by atoms with Crippen molar-refractivity contribution >= 4 is 28.7 Å². The smallest absolute Gasteiger partial charge is 0.326 e. The predicted molar refractivity (Wildman–Crippen MR) is 137 cm³/mol. The van der Waals surface area contributed by atoms with Crippen LogP contribution in [0.4, 0.5) is 0 Å². The van der Waals surface area contributed by atoms with E-state index in [0.29, 0.717) is 17.8 Å². The van der Waals surface area contributed by atoms with E-state index in [1.807, 2.05) is 50.2 Å². The minimum atomic E-state index is -0.872. The third kappa shape index (κ3) is 6.56. The highest BCUT2D eigenvalue weighted by atomic mass is 16.4. The molecule has 1 amide bonds. The molecule has 1 fully saturated rings. The average Bonchev–Trinajstić information content (AvgIpc) is 3.22. The van der Waals surface area contributed by atoms with E-state index in [1.165, 1.54) is 26.2 Å². The second-order valence-corrected chi connectivity index (χ2v) is 9.65. The average molecular weight is 478 g/mol. The quantitative estimate of drug-likeness (QED) is 0.428. The first-order valence-corrected chi connectivity index (χ1v) is 12.3. The maximum atomic E-state index is 12.0. The number of Topliss-reactive ketones (excluding diaryl/α,β-unsaturated/α-hetero) is 1. The van der Waals surface area contributed by atoms with Crippen molar-refractivity contribution in [3.8, 4) is 11.4 Å². The van der Waals surface area contributed by atoms with Gasteiger partial charge in [-0.3, -0.25) is 9.59 Å². The summed E-state index contributed by atoms with van der Waals surface area (Å²) in [5.74, 6) is 0.0461. The third-order valence-electron chi connectivity index (χ3n) is 6.44. The molecule has 0 saturated heterocycles. The SMILES string of the molecule is CC(=O)c1ccc(-c2nc3ccccc3n2C(CC(C)C)C(=O)O)cc1.NC(=O)C1CCCCC1. The zero-order valence-corrected chi connectivity index (χ0v) is 20.7. The van der Waals surface area contributed by atoms with Crippen molar-refractivity contribution in [1.29, 1.82) is 0 Å². The number of fused-ring (bicyclic) bond motifs is 1. The highest BCUT2D eigenvalue weighted by Crippen LogP contribution is 2.31. The van der Waals surface area contributed by atoms with Crippen LogP contribution in [0.25, 0.3) is 22.4 Å². The molecule has 1 saturated carbocycles. The van der Waals surface area contributed by atoms with Crippen LogP contribution in [-0.4, -0.2) is 32.3 Å². The van der Waals surface area contributed by atoms with Crippen molar-refractivity contribution in [2.24, 2.45) is 17.6 Å². The summed E-state index contributed by atoms with van der Waals surface area (Å²) in [5, 5.41) is 9.85. The minimum Gasteiger partial charge on any atom is -0.480 e. The van der Waals surface area contributed by atoms with Gasteiger partial charge in [0.1, 0.15) is 11.9 Å². The number of carbonyl (C=O) groups excluding carboxylic acids is 2. The fourth-order valence-electron chi connectivity index (χ4n) is 4.57. The van der Waals surface area contributed by atoms with Gasteiger partial charge in [0, 0.05) is 17.0 Å². The molecule has 3 N–H and O–H groups in total. The summed E-state index contributed by atoms with van der Waals surface area (Å²) in [6.07, 6.45) is 6.21. The fraction of sp³-hybridized carbons (Fsp3) is 0.429. The number of aromatic nitrogens is 2. The molecule has 7 heteroatoms. The van der Waals surface area contributed by atoms with E-state index in [4.69, 9.17) is 5.73 Å². The lowest BCUT2D eigenvalue weighted by Crippen LogP contribution is -2.24. The van der Waals surface area contributed by atoms with Gasteiger partial charge >= 0.3 is 5.97 Å². The summed E-state index contributed by atoms with van der Waals surface area (Å²) in [6, 6.07) is 14.0. The van der Waals surface area contributed by atoms with Gasteiger partial charge in [-0.1, -0.05) is 69.5 Å². The summed E-state index contributed by atoms with van der Waals surface area (Å²) >= 11 is 0. The number of carbonyl (C=O) groups is 3. The molecule has 1 aromatic heterocycles. The number of hydrogen-bond donors (Lipinski definition) is 2. The van der Waals surface area contributed by atoms with Gasteiger partial charge in [-0.05, 0) is 44.2 Å². The molecule has 4 rings (SSSR count). The standard InChI is InChI=1S/C21H22N2O3.C7H13NO/c1-13(2)12-19(21(25)26)23-18-7-5-4-6-17(18)22-20(23)16-10-8-15(9-11-16)14(3)24;8-7(9)6-4-2-1-3-5-6/h4-11,13,19H,12H2,1-3H3,(H,25,26);6H,1-5H2,(H2,8,9). The molecule has 186 valence electrons. The van der Waals surface area contributed by atoms with Gasteiger partial charge in [0.25, 0.3) is 0 Å². The molecule has 0 aliphatic heterocycles. The molecular weight excluding hydrogens is 442 g/mol. The van der Waals surface area contributed by atoms with Gasteiger partial charge in [0.2, 0.25) is 5.91 Å². The van der Waals surface area contributed by atoms with Crippen molar-refractivity contribution in [2.45, 2.75) is 65.3 Å². The first-order chi connectivity index (χ1) is 16.7. The Bertz CT molecular complexity index is 1170. The highest BCUT2D eigenvalue weighted by Gasteiger charge is 2.26. The fourth-order valence-corrected chi connectivity index (χ4v) is 4.57. The minimum absolute atomic E-state index is 0.00623. The van der Waals surface area contributed by atoms with Crippen molar-refractivity contribution in [3.63, 3.8) is 0 Å². The Balaban J connectivity index is 0.000000320. The molecule has 35 heavy (non-hydrogen) atoms. The number of carboxylic acids is 1. The van der Waals surface area contributed by atoms with Gasteiger partial charge < -0.3 is 15.4 Å². The van der Waals surface area contributed by atoms with Crippen LogP contribution in [0.1, 0.15) is 75.7 Å². The number of aliphatic carboxylic acids is 1. The highest BCUT2D eigenvalue weighted by molar-refractivity contribution is 5.94. The Morgan fingerprint density at radius 1 is 1.03 bits per heavy atom. The third-order valence-corrected chi connectivity index (χ3v) is 6.44. The van der Waals surface area contributed by atoms with Crippen molar-refractivity contribution in [2.75, 3.05) is 0 Å². The van der Waals surface area contributed by atoms with Gasteiger partial charge in [-0.25, -0.2) is 9.78 Å². The van der Waals surface area contributed by atoms with E-state index in [2.05, 4.69) is 4.98 Å². The molecule has 1 aliphatic rings. The molecule has 1 aliphatic carbocycles. The lowest BCUT2D eigenvalue weighted by atomic mass is 9.89. The van der Waals surface area contributed by atoms with E-state index in [1.54, 1.807) is 16.7 Å². The summed E-state index contributed by atoms with van der Waals surface area (Å²) in [5.41, 5.74) is 8.09. The second-order valence-electron chi connectivity index (χ2n) is 9.65. The van der Waals surface area contributed by atoms with Crippen LogP contribution in [0.15, 0.2) is 48.5 Å². The van der Waals surface area contributed by atoms with E-state index in [-0.39, 0.29) is 23.5 Å². The maximum Gasteiger partial charge on any atom is 0.326 e. The maximum absolute atomic E-state index is 12.0. The second kappa shape index (κ2) is 11.8. The van der Waals surface area contributed by atoms with Gasteiger partial charge in [0.05, 0.1) is 11.0 Å². The number of benzene rings is 2. The van der Waals surface area contributed by atoms with Crippen LogP contribution >= 0.6 is 0 Å². The summed E-state index contributed by atoms with van der Waals surface area (Å²) in [6.45, 7) is 5.54. The molecule has 0 radical (unpaired) electrons. The van der Waals surface area contributed by atoms with E-state index >= 15 is 0 Å². The Hall–Kier alpha value is -3.48. The Morgan fingerprint density at radius 2 is 1.66 bits per heavy atom. The van der Waals surface area contributed by atoms with Crippen LogP contribution in [-0.2, 0) is 9.59 Å². The summed E-state index contributed by atoms with van der Waals surface area (Å²) < 4.78 is 1.81. The number of carboxylic acid groups (broad SMARTS) is 1. The number of hydrogen-bond acceptors (Lipinski definition) is 4. The molecular formula is C28H35N3O4. The van der Waals surface area contributed by atoms with E-state index < -0.39 is 12.0 Å². The first kappa shape index (κ1) is 26.1. The van der Waals surface area contributed by atoms with Crippen molar-refractivity contribution in [1.82, 2.24) is 9.55 Å². The summed E-state index contributed by atoms with van der Waals surface area (Å²) in [4.78, 5) is 38.8. The van der Waals surface area contributed by atoms with Gasteiger partial charge in [0.15, 0.2) is 5.78 Å². The van der Waals surface area contributed by atoms with Crippen LogP contribution in [0, 0.1) is 11.8 Å². The van der Waals surface area contributed by atoms with Crippen LogP contribution in [0.5, 0.6) is 0 Å². The van der Waals surface area contributed by atoms with E-state index in [9.17, 15) is 19.5 Å². The number of amides is 1. The molecule has 7 nitrogen and oxygen atoms in total. The van der Waals surface area contributed by atoms with E-state index in [0.717, 1.165) is 29.4 Å². The molecule has 1 unspecified atom stereocenters. The number of para-hydroxylation sites is 2. The molecule has 3 aromatic rings.